The Morgan fingerprint density at radius 1 is 1.14 bits per heavy atom. The van der Waals surface area contributed by atoms with E-state index in [4.69, 9.17) is 9.26 Å². The summed E-state index contributed by atoms with van der Waals surface area (Å²) in [5, 5.41) is 11.7. The van der Waals surface area contributed by atoms with Crippen LogP contribution >= 0.6 is 0 Å². The van der Waals surface area contributed by atoms with Crippen LogP contribution in [0.5, 0.6) is 5.75 Å². The van der Waals surface area contributed by atoms with Crippen molar-refractivity contribution in [2.45, 2.75) is 26.9 Å². The molecule has 1 aromatic carbocycles. The third-order valence-electron chi connectivity index (χ3n) is 3.38. The van der Waals surface area contributed by atoms with Crippen molar-refractivity contribution in [2.24, 2.45) is 0 Å². The van der Waals surface area contributed by atoms with Crippen LogP contribution in [0.4, 0.5) is 0 Å². The summed E-state index contributed by atoms with van der Waals surface area (Å²) in [4.78, 5) is 4.31. The molecule has 2 heterocycles. The van der Waals surface area contributed by atoms with Gasteiger partial charge in [0.2, 0.25) is 5.82 Å². The van der Waals surface area contributed by atoms with Gasteiger partial charge in [0.05, 0.1) is 0 Å². The van der Waals surface area contributed by atoms with E-state index in [1.54, 1.807) is 18.3 Å². The van der Waals surface area contributed by atoms with E-state index in [0.717, 1.165) is 5.75 Å². The van der Waals surface area contributed by atoms with Crippen molar-refractivity contribution in [3.63, 3.8) is 0 Å². The third-order valence-corrected chi connectivity index (χ3v) is 3.38. The quantitative estimate of drug-likeness (QED) is 0.735. The molecule has 0 saturated heterocycles. The first-order valence-electron chi connectivity index (χ1n) is 6.99. The summed E-state index contributed by atoms with van der Waals surface area (Å²) in [6, 6.07) is 9.49. The number of benzene rings is 1. The molecule has 22 heavy (non-hydrogen) atoms. The molecule has 1 atom stereocenters. The monoisotopic (exact) mass is 296 g/mol. The summed E-state index contributed by atoms with van der Waals surface area (Å²) in [5.74, 6) is 1.58. The van der Waals surface area contributed by atoms with Gasteiger partial charge in [-0.3, -0.25) is 0 Å². The maximum atomic E-state index is 5.85. The minimum absolute atomic E-state index is 0.347. The van der Waals surface area contributed by atoms with Gasteiger partial charge in [0.15, 0.2) is 6.10 Å². The van der Waals surface area contributed by atoms with Crippen molar-refractivity contribution in [2.75, 3.05) is 0 Å². The van der Waals surface area contributed by atoms with Gasteiger partial charge in [0.1, 0.15) is 11.4 Å². The van der Waals surface area contributed by atoms with Crippen molar-refractivity contribution in [1.82, 2.24) is 20.3 Å². The average Bonchev–Trinajstić information content (AvgIpc) is 3.02. The summed E-state index contributed by atoms with van der Waals surface area (Å²) in [7, 11) is 0. The van der Waals surface area contributed by atoms with E-state index in [9.17, 15) is 0 Å². The Morgan fingerprint density at radius 2 is 2.00 bits per heavy atom. The summed E-state index contributed by atoms with van der Waals surface area (Å²) in [6.07, 6.45) is 1.25. The summed E-state index contributed by atoms with van der Waals surface area (Å²) in [5.41, 5.74) is 2.97. The van der Waals surface area contributed by atoms with E-state index < -0.39 is 0 Å². The van der Waals surface area contributed by atoms with Crippen LogP contribution in [0.1, 0.15) is 30.0 Å². The molecule has 0 fully saturated rings. The Labute approximate surface area is 128 Å². The molecule has 0 saturated carbocycles. The second-order valence-corrected chi connectivity index (χ2v) is 5.07. The molecule has 112 valence electrons. The van der Waals surface area contributed by atoms with E-state index in [1.807, 2.05) is 32.0 Å². The highest BCUT2D eigenvalue weighted by molar-refractivity contribution is 5.46. The lowest BCUT2D eigenvalue weighted by atomic mass is 10.1. The van der Waals surface area contributed by atoms with Crippen LogP contribution in [0.25, 0.3) is 11.5 Å². The number of rotatable bonds is 4. The van der Waals surface area contributed by atoms with Gasteiger partial charge < -0.3 is 9.26 Å². The smallest absolute Gasteiger partial charge is 0.267 e. The SMILES string of the molecule is Cc1ccc(OC(C)c2nc(-c3cccnn3)no2)cc1C. The second-order valence-electron chi connectivity index (χ2n) is 5.07. The fourth-order valence-electron chi connectivity index (χ4n) is 1.97. The molecule has 1 unspecified atom stereocenters. The van der Waals surface area contributed by atoms with Gasteiger partial charge in [0.25, 0.3) is 5.89 Å². The minimum Gasteiger partial charge on any atom is -0.481 e. The first-order valence-corrected chi connectivity index (χ1v) is 6.99. The molecule has 0 aliphatic rings. The van der Waals surface area contributed by atoms with Gasteiger partial charge in [-0.1, -0.05) is 11.2 Å². The van der Waals surface area contributed by atoms with E-state index in [-0.39, 0.29) is 6.10 Å². The fourth-order valence-corrected chi connectivity index (χ4v) is 1.97. The first kappa shape index (κ1) is 14.2. The molecular formula is C16H16N4O2. The zero-order valence-corrected chi connectivity index (χ0v) is 12.6. The molecule has 6 heteroatoms. The van der Waals surface area contributed by atoms with Gasteiger partial charge in [-0.25, -0.2) is 0 Å². The summed E-state index contributed by atoms with van der Waals surface area (Å²) >= 11 is 0. The molecule has 0 radical (unpaired) electrons. The molecule has 0 N–H and O–H groups in total. The van der Waals surface area contributed by atoms with Gasteiger partial charge in [0, 0.05) is 6.20 Å². The topological polar surface area (TPSA) is 73.9 Å². The largest absolute Gasteiger partial charge is 0.481 e. The van der Waals surface area contributed by atoms with Crippen molar-refractivity contribution in [1.29, 1.82) is 0 Å². The molecule has 3 rings (SSSR count). The molecular weight excluding hydrogens is 280 g/mol. The standard InChI is InChI=1S/C16H16N4O2/c1-10-6-7-13(9-11(10)2)21-12(3)16-18-15(20-22-16)14-5-4-8-17-19-14/h4-9,12H,1-3H3. The highest BCUT2D eigenvalue weighted by Crippen LogP contribution is 2.24. The van der Waals surface area contributed by atoms with Crippen molar-refractivity contribution < 1.29 is 9.26 Å². The lowest BCUT2D eigenvalue weighted by molar-refractivity contribution is 0.175. The maximum Gasteiger partial charge on any atom is 0.267 e. The number of hydrogen-bond acceptors (Lipinski definition) is 6. The van der Waals surface area contributed by atoms with Crippen molar-refractivity contribution >= 4 is 0 Å². The number of nitrogens with zero attached hydrogens (tertiary/aromatic N) is 4. The van der Waals surface area contributed by atoms with E-state index in [0.29, 0.717) is 17.4 Å². The van der Waals surface area contributed by atoms with Crippen LogP contribution in [0, 0.1) is 13.8 Å². The van der Waals surface area contributed by atoms with Gasteiger partial charge >= 0.3 is 0 Å². The number of hydrogen-bond donors (Lipinski definition) is 0. The number of ether oxygens (including phenoxy) is 1. The Kier molecular flexibility index (Phi) is 3.82. The highest BCUT2D eigenvalue weighted by atomic mass is 16.5. The van der Waals surface area contributed by atoms with E-state index in [2.05, 4.69) is 27.3 Å². The first-order chi connectivity index (χ1) is 10.6. The van der Waals surface area contributed by atoms with Gasteiger partial charge in [-0.2, -0.15) is 10.1 Å². The second kappa shape index (κ2) is 5.93. The van der Waals surface area contributed by atoms with E-state index in [1.165, 1.54) is 11.1 Å². The molecule has 0 spiro atoms. The lowest BCUT2D eigenvalue weighted by Crippen LogP contribution is -2.04. The molecule has 0 bridgehead atoms. The van der Waals surface area contributed by atoms with Crippen LogP contribution < -0.4 is 4.74 Å². The maximum absolute atomic E-state index is 5.85. The predicted octanol–water partition coefficient (Wildman–Crippen LogP) is 3.28. The van der Waals surface area contributed by atoms with Gasteiger partial charge in [-0.05, 0) is 56.2 Å². The highest BCUT2D eigenvalue weighted by Gasteiger charge is 2.17. The minimum atomic E-state index is -0.347. The lowest BCUT2D eigenvalue weighted by Gasteiger charge is -2.12. The summed E-state index contributed by atoms with van der Waals surface area (Å²) in [6.45, 7) is 5.97. The molecule has 6 nitrogen and oxygen atoms in total. The Morgan fingerprint density at radius 3 is 2.73 bits per heavy atom. The average molecular weight is 296 g/mol. The Hall–Kier alpha value is -2.76. The zero-order chi connectivity index (χ0) is 15.5. The van der Waals surface area contributed by atoms with Crippen molar-refractivity contribution in [3.8, 4) is 17.3 Å². The van der Waals surface area contributed by atoms with Crippen molar-refractivity contribution in [3.05, 3.63) is 53.5 Å². The number of aryl methyl sites for hydroxylation is 2. The molecule has 2 aromatic heterocycles. The van der Waals surface area contributed by atoms with Gasteiger partial charge in [-0.15, -0.1) is 5.10 Å². The van der Waals surface area contributed by atoms with Crippen LogP contribution in [0.2, 0.25) is 0 Å². The zero-order valence-electron chi connectivity index (χ0n) is 12.6. The Balaban J connectivity index is 1.77. The van der Waals surface area contributed by atoms with Crippen LogP contribution in [0.15, 0.2) is 41.1 Å². The normalized spacial score (nSPS) is 12.1. The summed E-state index contributed by atoms with van der Waals surface area (Å²) < 4.78 is 11.1. The predicted molar refractivity (Wildman–Crippen MR) is 80.3 cm³/mol. The van der Waals surface area contributed by atoms with Crippen LogP contribution in [0.3, 0.4) is 0 Å². The van der Waals surface area contributed by atoms with Crippen LogP contribution in [-0.2, 0) is 0 Å². The molecule has 0 aliphatic carbocycles. The Bertz CT molecular complexity index is 771. The number of aromatic nitrogens is 4. The molecule has 0 amide bonds. The molecule has 3 aromatic rings. The van der Waals surface area contributed by atoms with Crippen LogP contribution in [-0.4, -0.2) is 20.3 Å². The van der Waals surface area contributed by atoms with E-state index >= 15 is 0 Å². The molecule has 0 aliphatic heterocycles. The third kappa shape index (κ3) is 2.95. The fraction of sp³-hybridized carbons (Fsp3) is 0.250.